The number of aldehydes is 1. The van der Waals surface area contributed by atoms with Gasteiger partial charge in [0.2, 0.25) is 0 Å². The molecular formula is C13H18F3NO. The van der Waals surface area contributed by atoms with Gasteiger partial charge in [-0.15, -0.1) is 0 Å². The lowest BCUT2D eigenvalue weighted by molar-refractivity contribution is -0.157. The van der Waals surface area contributed by atoms with Gasteiger partial charge in [0.25, 0.3) is 0 Å². The van der Waals surface area contributed by atoms with Crippen LogP contribution in [0.15, 0.2) is 23.3 Å². The van der Waals surface area contributed by atoms with Crippen LogP contribution in [0.3, 0.4) is 0 Å². The number of allylic oxidation sites excluding steroid dienone is 4. The standard InChI is InChI=1S/C13H18F3NO/c1-10-2-4-11(5-3-10)8-12(9-18)6-7-17-13(14,15)16/h2,4,9,12,17H,3,5-8H2,1H3. The third-order valence-electron chi connectivity index (χ3n) is 3.00. The summed E-state index contributed by atoms with van der Waals surface area (Å²) in [5, 5.41) is 1.44. The van der Waals surface area contributed by atoms with Crippen LogP contribution in [0.25, 0.3) is 0 Å². The summed E-state index contributed by atoms with van der Waals surface area (Å²) < 4.78 is 35.7. The fourth-order valence-corrected chi connectivity index (χ4v) is 1.91. The van der Waals surface area contributed by atoms with E-state index in [0.29, 0.717) is 6.42 Å². The molecule has 0 aliphatic heterocycles. The van der Waals surface area contributed by atoms with Gasteiger partial charge in [0, 0.05) is 12.5 Å². The zero-order valence-electron chi connectivity index (χ0n) is 10.4. The summed E-state index contributed by atoms with van der Waals surface area (Å²) in [4.78, 5) is 10.8. The lowest BCUT2D eigenvalue weighted by atomic mass is 9.90. The Morgan fingerprint density at radius 2 is 2.11 bits per heavy atom. The van der Waals surface area contributed by atoms with Crippen molar-refractivity contribution in [1.82, 2.24) is 5.32 Å². The minimum absolute atomic E-state index is 0.211. The molecule has 2 nitrogen and oxygen atoms in total. The van der Waals surface area contributed by atoms with Crippen molar-refractivity contribution in [1.29, 1.82) is 0 Å². The van der Waals surface area contributed by atoms with Crippen LogP contribution in [0, 0.1) is 5.92 Å². The fraction of sp³-hybridized carbons (Fsp3) is 0.615. The van der Waals surface area contributed by atoms with E-state index in [1.807, 2.05) is 19.1 Å². The normalized spacial score (nSPS) is 18.0. The van der Waals surface area contributed by atoms with Gasteiger partial charge in [-0.3, -0.25) is 0 Å². The van der Waals surface area contributed by atoms with Crippen LogP contribution in [0.1, 0.15) is 32.6 Å². The molecule has 0 aromatic carbocycles. The maximum absolute atomic E-state index is 11.9. The summed E-state index contributed by atoms with van der Waals surface area (Å²) in [5.41, 5.74) is 2.44. The van der Waals surface area contributed by atoms with Crippen LogP contribution >= 0.6 is 0 Å². The fourth-order valence-electron chi connectivity index (χ4n) is 1.91. The van der Waals surface area contributed by atoms with Gasteiger partial charge in [-0.2, -0.15) is 13.2 Å². The highest BCUT2D eigenvalue weighted by Crippen LogP contribution is 2.24. The maximum Gasteiger partial charge on any atom is 0.457 e. The Kier molecular flexibility index (Phi) is 5.59. The molecule has 0 bridgehead atoms. The lowest BCUT2D eigenvalue weighted by Gasteiger charge is -2.16. The minimum Gasteiger partial charge on any atom is -0.303 e. The molecule has 18 heavy (non-hydrogen) atoms. The Balaban J connectivity index is 2.36. The smallest absolute Gasteiger partial charge is 0.303 e. The monoisotopic (exact) mass is 261 g/mol. The zero-order valence-corrected chi connectivity index (χ0v) is 10.4. The van der Waals surface area contributed by atoms with Gasteiger partial charge < -0.3 is 4.79 Å². The highest BCUT2D eigenvalue weighted by molar-refractivity contribution is 5.54. The summed E-state index contributed by atoms with van der Waals surface area (Å²) in [6.07, 6.45) is 3.02. The van der Waals surface area contributed by atoms with Gasteiger partial charge in [0.15, 0.2) is 0 Å². The number of nitrogens with one attached hydrogen (secondary N) is 1. The van der Waals surface area contributed by atoms with E-state index in [4.69, 9.17) is 0 Å². The Labute approximate surface area is 105 Å². The number of rotatable bonds is 6. The topological polar surface area (TPSA) is 29.1 Å². The maximum atomic E-state index is 11.9. The van der Waals surface area contributed by atoms with Crippen molar-refractivity contribution in [3.63, 3.8) is 0 Å². The number of hydrogen-bond donors (Lipinski definition) is 1. The Hall–Kier alpha value is -1.10. The molecular weight excluding hydrogens is 243 g/mol. The molecule has 0 heterocycles. The molecule has 1 N–H and O–H groups in total. The van der Waals surface area contributed by atoms with E-state index in [9.17, 15) is 18.0 Å². The second kappa shape index (κ2) is 6.73. The Morgan fingerprint density at radius 1 is 1.39 bits per heavy atom. The van der Waals surface area contributed by atoms with Crippen molar-refractivity contribution in [3.05, 3.63) is 23.3 Å². The molecule has 0 aromatic heterocycles. The molecule has 5 heteroatoms. The molecule has 0 spiro atoms. The number of alkyl halides is 3. The van der Waals surface area contributed by atoms with E-state index < -0.39 is 6.30 Å². The van der Waals surface area contributed by atoms with Gasteiger partial charge in [-0.05, 0) is 32.6 Å². The third-order valence-corrected chi connectivity index (χ3v) is 3.00. The molecule has 1 atom stereocenters. The second-order valence-electron chi connectivity index (χ2n) is 4.65. The first kappa shape index (κ1) is 15.0. The predicted molar refractivity (Wildman–Crippen MR) is 63.9 cm³/mol. The van der Waals surface area contributed by atoms with Gasteiger partial charge in [-0.25, -0.2) is 5.32 Å². The highest BCUT2D eigenvalue weighted by atomic mass is 19.4. The van der Waals surface area contributed by atoms with Crippen molar-refractivity contribution in [2.45, 2.75) is 38.9 Å². The summed E-state index contributed by atoms with van der Waals surface area (Å²) >= 11 is 0. The first-order valence-electron chi connectivity index (χ1n) is 6.03. The van der Waals surface area contributed by atoms with Crippen LogP contribution in [-0.4, -0.2) is 19.1 Å². The Bertz CT molecular complexity index is 345. The van der Waals surface area contributed by atoms with Crippen molar-refractivity contribution >= 4 is 6.29 Å². The van der Waals surface area contributed by atoms with Gasteiger partial charge in [0.05, 0.1) is 0 Å². The second-order valence-corrected chi connectivity index (χ2v) is 4.65. The average molecular weight is 261 g/mol. The van der Waals surface area contributed by atoms with Gasteiger partial charge in [-0.1, -0.05) is 23.3 Å². The van der Waals surface area contributed by atoms with Crippen LogP contribution < -0.4 is 5.32 Å². The van der Waals surface area contributed by atoms with Crippen LogP contribution in [0.2, 0.25) is 0 Å². The first-order chi connectivity index (χ1) is 8.40. The molecule has 0 fully saturated rings. The van der Waals surface area contributed by atoms with Crippen molar-refractivity contribution < 1.29 is 18.0 Å². The van der Waals surface area contributed by atoms with Crippen molar-refractivity contribution in [2.75, 3.05) is 6.54 Å². The molecule has 0 amide bonds. The third kappa shape index (κ3) is 6.00. The van der Waals surface area contributed by atoms with Crippen LogP contribution in [0.4, 0.5) is 13.2 Å². The predicted octanol–water partition coefficient (Wildman–Crippen LogP) is 3.36. The van der Waals surface area contributed by atoms with E-state index >= 15 is 0 Å². The van der Waals surface area contributed by atoms with E-state index in [1.165, 1.54) is 10.9 Å². The molecule has 0 saturated carbocycles. The van der Waals surface area contributed by atoms with E-state index in [2.05, 4.69) is 0 Å². The molecule has 1 rings (SSSR count). The quantitative estimate of drug-likeness (QED) is 0.586. The van der Waals surface area contributed by atoms with Crippen LogP contribution in [-0.2, 0) is 4.79 Å². The lowest BCUT2D eigenvalue weighted by Crippen LogP contribution is -2.33. The molecule has 1 aliphatic rings. The molecule has 0 radical (unpaired) electrons. The molecule has 0 saturated heterocycles. The number of carbonyl (C=O) groups is 1. The first-order valence-corrected chi connectivity index (χ1v) is 6.03. The largest absolute Gasteiger partial charge is 0.457 e. The SMILES string of the molecule is CC1=CC=C(CC(C=O)CCNC(F)(F)F)CC1. The van der Waals surface area contributed by atoms with E-state index in [1.54, 1.807) is 0 Å². The zero-order chi connectivity index (χ0) is 13.6. The minimum atomic E-state index is -4.36. The van der Waals surface area contributed by atoms with Gasteiger partial charge >= 0.3 is 6.30 Å². The molecule has 1 aliphatic carbocycles. The Morgan fingerprint density at radius 3 is 2.61 bits per heavy atom. The summed E-state index contributed by atoms with van der Waals surface area (Å²) in [7, 11) is 0. The summed E-state index contributed by atoms with van der Waals surface area (Å²) in [5.74, 6) is -0.335. The average Bonchev–Trinajstić information content (AvgIpc) is 2.29. The van der Waals surface area contributed by atoms with Crippen LogP contribution in [0.5, 0.6) is 0 Å². The number of halogens is 3. The van der Waals surface area contributed by atoms with Crippen molar-refractivity contribution in [3.8, 4) is 0 Å². The van der Waals surface area contributed by atoms with E-state index in [0.717, 1.165) is 24.7 Å². The highest BCUT2D eigenvalue weighted by Gasteiger charge is 2.26. The number of hydrogen-bond acceptors (Lipinski definition) is 2. The molecule has 0 aromatic rings. The molecule has 102 valence electrons. The van der Waals surface area contributed by atoms with E-state index in [-0.39, 0.29) is 18.9 Å². The van der Waals surface area contributed by atoms with Gasteiger partial charge in [0.1, 0.15) is 6.29 Å². The van der Waals surface area contributed by atoms with Crippen molar-refractivity contribution in [2.24, 2.45) is 5.92 Å². The summed E-state index contributed by atoms with van der Waals surface area (Å²) in [6.45, 7) is 1.83. The summed E-state index contributed by atoms with van der Waals surface area (Å²) in [6, 6.07) is 0. The number of carbonyl (C=O) groups excluding carboxylic acids is 1. The molecule has 1 unspecified atom stereocenters.